The Labute approximate surface area is 193 Å². The van der Waals surface area contributed by atoms with Crippen LogP contribution < -0.4 is 5.32 Å². The first-order chi connectivity index (χ1) is 15.8. The first-order valence-corrected chi connectivity index (χ1v) is 11.4. The van der Waals surface area contributed by atoms with Crippen LogP contribution in [0.4, 0.5) is 4.79 Å². The van der Waals surface area contributed by atoms with E-state index in [1.54, 1.807) is 7.05 Å². The SMILES string of the molecule is CC(CNC(=O)OCC1c2ccccc2-c2ccccc21)CC(=O)N(C)C1(C(=O)O)CCC1. The minimum absolute atomic E-state index is 0.00881. The highest BCUT2D eigenvalue weighted by atomic mass is 16.5. The number of hydrogen-bond acceptors (Lipinski definition) is 4. The lowest BCUT2D eigenvalue weighted by Crippen LogP contribution is -2.59. The summed E-state index contributed by atoms with van der Waals surface area (Å²) >= 11 is 0. The van der Waals surface area contributed by atoms with E-state index in [-0.39, 0.29) is 37.3 Å². The van der Waals surface area contributed by atoms with Crippen molar-refractivity contribution in [2.45, 2.75) is 44.1 Å². The molecule has 1 saturated carbocycles. The summed E-state index contributed by atoms with van der Waals surface area (Å²) in [6, 6.07) is 16.3. The van der Waals surface area contributed by atoms with Gasteiger partial charge in [0.25, 0.3) is 0 Å². The predicted molar refractivity (Wildman–Crippen MR) is 124 cm³/mol. The number of aliphatic carboxylic acids is 1. The summed E-state index contributed by atoms with van der Waals surface area (Å²) in [6.45, 7) is 2.36. The van der Waals surface area contributed by atoms with Gasteiger partial charge < -0.3 is 20.1 Å². The number of carboxylic acids is 1. The Morgan fingerprint density at radius 2 is 1.67 bits per heavy atom. The smallest absolute Gasteiger partial charge is 0.407 e. The molecule has 0 radical (unpaired) electrons. The molecule has 2 amide bonds. The second-order valence-electron chi connectivity index (χ2n) is 9.16. The van der Waals surface area contributed by atoms with Gasteiger partial charge in [-0.1, -0.05) is 55.5 Å². The third kappa shape index (κ3) is 4.32. The van der Waals surface area contributed by atoms with Gasteiger partial charge in [0, 0.05) is 25.9 Å². The van der Waals surface area contributed by atoms with Crippen molar-refractivity contribution in [1.82, 2.24) is 10.2 Å². The van der Waals surface area contributed by atoms with Gasteiger partial charge in [0.05, 0.1) is 0 Å². The van der Waals surface area contributed by atoms with Crippen molar-refractivity contribution in [2.24, 2.45) is 5.92 Å². The third-order valence-corrected chi connectivity index (χ3v) is 7.06. The number of hydrogen-bond donors (Lipinski definition) is 2. The Morgan fingerprint density at radius 1 is 1.09 bits per heavy atom. The van der Waals surface area contributed by atoms with E-state index in [0.29, 0.717) is 12.8 Å². The zero-order valence-electron chi connectivity index (χ0n) is 19.0. The molecule has 0 aliphatic heterocycles. The summed E-state index contributed by atoms with van der Waals surface area (Å²) in [6.07, 6.45) is 1.41. The molecule has 2 N–H and O–H groups in total. The number of fused-ring (bicyclic) bond motifs is 3. The maximum absolute atomic E-state index is 12.6. The molecule has 7 heteroatoms. The standard InChI is InChI=1S/C26H30N2O5/c1-17(14-23(29)28(2)26(24(30)31)12-7-13-26)15-27-25(32)33-16-22-20-10-5-3-8-18(20)19-9-4-6-11-21(19)22/h3-6,8-11,17,22H,7,12-16H2,1-2H3,(H,27,32)(H,30,31). The number of carbonyl (C=O) groups is 3. The summed E-state index contributed by atoms with van der Waals surface area (Å²) in [5, 5.41) is 12.3. The van der Waals surface area contributed by atoms with Gasteiger partial charge in [-0.3, -0.25) is 4.79 Å². The van der Waals surface area contributed by atoms with Gasteiger partial charge in [0.1, 0.15) is 12.1 Å². The highest BCUT2D eigenvalue weighted by molar-refractivity contribution is 5.88. The Morgan fingerprint density at radius 3 is 2.18 bits per heavy atom. The van der Waals surface area contributed by atoms with E-state index >= 15 is 0 Å². The first kappa shape index (κ1) is 22.8. The second-order valence-corrected chi connectivity index (χ2v) is 9.16. The van der Waals surface area contributed by atoms with Crippen LogP contribution in [-0.2, 0) is 14.3 Å². The molecule has 33 heavy (non-hydrogen) atoms. The quantitative estimate of drug-likeness (QED) is 0.633. The zero-order chi connectivity index (χ0) is 23.6. The number of benzene rings is 2. The first-order valence-electron chi connectivity index (χ1n) is 11.4. The number of carbonyl (C=O) groups excluding carboxylic acids is 2. The number of nitrogens with one attached hydrogen (secondary N) is 1. The van der Waals surface area contributed by atoms with Gasteiger partial charge in [-0.15, -0.1) is 0 Å². The molecule has 1 fully saturated rings. The van der Waals surface area contributed by atoms with Gasteiger partial charge in [0.2, 0.25) is 5.91 Å². The van der Waals surface area contributed by atoms with E-state index in [1.165, 1.54) is 16.0 Å². The van der Waals surface area contributed by atoms with Crippen molar-refractivity contribution < 1.29 is 24.2 Å². The van der Waals surface area contributed by atoms with E-state index in [4.69, 9.17) is 4.74 Å². The highest BCUT2D eigenvalue weighted by Crippen LogP contribution is 2.44. The summed E-state index contributed by atoms with van der Waals surface area (Å²) in [5.74, 6) is -1.33. The molecule has 0 saturated heterocycles. The molecular formula is C26H30N2O5. The maximum Gasteiger partial charge on any atom is 0.407 e. The molecule has 4 rings (SSSR count). The fraction of sp³-hybridized carbons (Fsp3) is 0.423. The average Bonchev–Trinajstić information content (AvgIpc) is 3.09. The lowest BCUT2D eigenvalue weighted by Gasteiger charge is -2.45. The maximum atomic E-state index is 12.6. The topological polar surface area (TPSA) is 95.9 Å². The Balaban J connectivity index is 1.27. The van der Waals surface area contributed by atoms with Crippen molar-refractivity contribution in [1.29, 1.82) is 0 Å². The fourth-order valence-electron chi connectivity index (χ4n) is 4.86. The molecule has 2 aliphatic carbocycles. The summed E-state index contributed by atoms with van der Waals surface area (Å²) in [4.78, 5) is 37.9. The molecule has 0 spiro atoms. The van der Waals surface area contributed by atoms with E-state index in [0.717, 1.165) is 17.5 Å². The van der Waals surface area contributed by atoms with Crippen molar-refractivity contribution in [3.63, 3.8) is 0 Å². The number of likely N-dealkylation sites (N-methyl/N-ethyl adjacent to an activating group) is 1. The number of carboxylic acid groups (broad SMARTS) is 1. The van der Waals surface area contributed by atoms with Crippen molar-refractivity contribution >= 4 is 18.0 Å². The molecule has 2 aromatic rings. The van der Waals surface area contributed by atoms with Crippen LogP contribution in [0.25, 0.3) is 11.1 Å². The number of rotatable bonds is 8. The summed E-state index contributed by atoms with van der Waals surface area (Å²) < 4.78 is 5.53. The van der Waals surface area contributed by atoms with Crippen molar-refractivity contribution in [2.75, 3.05) is 20.2 Å². The zero-order valence-corrected chi connectivity index (χ0v) is 19.0. The number of nitrogens with zero attached hydrogens (tertiary/aromatic N) is 1. The molecule has 2 aromatic carbocycles. The van der Waals surface area contributed by atoms with E-state index < -0.39 is 17.6 Å². The minimum Gasteiger partial charge on any atom is -0.479 e. The highest BCUT2D eigenvalue weighted by Gasteiger charge is 2.49. The monoisotopic (exact) mass is 450 g/mol. The minimum atomic E-state index is -1.07. The molecular weight excluding hydrogens is 420 g/mol. The molecule has 0 heterocycles. The van der Waals surface area contributed by atoms with Gasteiger partial charge in [0.15, 0.2) is 0 Å². The Kier molecular flexibility index (Phi) is 6.40. The van der Waals surface area contributed by atoms with Crippen molar-refractivity contribution in [3.05, 3.63) is 59.7 Å². The van der Waals surface area contributed by atoms with E-state index in [1.807, 2.05) is 31.2 Å². The molecule has 0 bridgehead atoms. The predicted octanol–water partition coefficient (Wildman–Crippen LogP) is 4.02. The van der Waals surface area contributed by atoms with Gasteiger partial charge in [-0.2, -0.15) is 0 Å². The van der Waals surface area contributed by atoms with Crippen LogP contribution in [0.15, 0.2) is 48.5 Å². The molecule has 174 valence electrons. The third-order valence-electron chi connectivity index (χ3n) is 7.06. The van der Waals surface area contributed by atoms with Crippen LogP contribution in [0.5, 0.6) is 0 Å². The van der Waals surface area contributed by atoms with Crippen LogP contribution in [0.3, 0.4) is 0 Å². The van der Waals surface area contributed by atoms with Crippen LogP contribution in [0, 0.1) is 5.92 Å². The Bertz CT molecular complexity index is 1020. The normalized spacial score (nSPS) is 16.7. The Hall–Kier alpha value is -3.35. The van der Waals surface area contributed by atoms with Crippen LogP contribution in [0.1, 0.15) is 49.7 Å². The van der Waals surface area contributed by atoms with Gasteiger partial charge >= 0.3 is 12.1 Å². The molecule has 1 atom stereocenters. The molecule has 7 nitrogen and oxygen atoms in total. The van der Waals surface area contributed by atoms with Crippen LogP contribution in [0.2, 0.25) is 0 Å². The lowest BCUT2D eigenvalue weighted by atomic mass is 9.75. The average molecular weight is 451 g/mol. The van der Waals surface area contributed by atoms with Gasteiger partial charge in [-0.05, 0) is 47.4 Å². The molecule has 1 unspecified atom stereocenters. The second kappa shape index (κ2) is 9.25. The van der Waals surface area contributed by atoms with Crippen LogP contribution in [-0.4, -0.2) is 53.7 Å². The summed E-state index contributed by atoms with van der Waals surface area (Å²) in [7, 11) is 1.56. The number of amides is 2. The number of ether oxygens (including phenoxy) is 1. The van der Waals surface area contributed by atoms with E-state index in [9.17, 15) is 19.5 Å². The summed E-state index contributed by atoms with van der Waals surface area (Å²) in [5.41, 5.74) is 3.57. The van der Waals surface area contributed by atoms with Crippen molar-refractivity contribution in [3.8, 4) is 11.1 Å². The number of alkyl carbamates (subject to hydrolysis) is 1. The van der Waals surface area contributed by atoms with Gasteiger partial charge in [-0.25, -0.2) is 9.59 Å². The van der Waals surface area contributed by atoms with Crippen LogP contribution >= 0.6 is 0 Å². The largest absolute Gasteiger partial charge is 0.479 e. The van der Waals surface area contributed by atoms with E-state index in [2.05, 4.69) is 29.6 Å². The molecule has 2 aliphatic rings. The fourth-order valence-corrected chi connectivity index (χ4v) is 4.86. The molecule has 0 aromatic heterocycles. The lowest BCUT2D eigenvalue weighted by molar-refractivity contribution is -0.164.